The van der Waals surface area contributed by atoms with Crippen LogP contribution in [0.25, 0.3) is 0 Å². The molecular weight excluding hydrogens is 378 g/mol. The highest BCUT2D eigenvalue weighted by atomic mass is 35.5. The molecular formula is C20H24ClN5O2. The van der Waals surface area contributed by atoms with Gasteiger partial charge in [0.15, 0.2) is 0 Å². The van der Waals surface area contributed by atoms with Gasteiger partial charge in [-0.1, -0.05) is 11.6 Å². The fourth-order valence-corrected chi connectivity index (χ4v) is 5.27. The normalized spacial score (nSPS) is 30.6. The number of rotatable bonds is 5. The van der Waals surface area contributed by atoms with Crippen LogP contribution in [-0.2, 0) is 11.3 Å². The van der Waals surface area contributed by atoms with Crippen LogP contribution in [0.1, 0.15) is 30.1 Å². The summed E-state index contributed by atoms with van der Waals surface area (Å²) in [4.78, 5) is 19.3. The van der Waals surface area contributed by atoms with Gasteiger partial charge in [-0.25, -0.2) is 4.98 Å². The molecule has 5 rings (SSSR count). The number of nitrogens with zero attached hydrogens (tertiary/aromatic N) is 4. The van der Waals surface area contributed by atoms with Crippen LogP contribution in [-0.4, -0.2) is 52.0 Å². The average Bonchev–Trinajstić information content (AvgIpc) is 3.46. The standard InChI is InChI=1S/C20H24ClN5O2/c1-2-26-10-13(7-24-26)19(27)23-9-15-16-11-25(18-4-3-14(21)8-22-18)12-20(16)6-5-17(15)28-20/h3-4,7-8,10,15-17H,2,5-6,9,11-12H2,1H3,(H,23,27)/t15-,16+,17+,20+/m0/s1. The molecule has 1 spiro atoms. The summed E-state index contributed by atoms with van der Waals surface area (Å²) in [7, 11) is 0. The first-order chi connectivity index (χ1) is 13.6. The van der Waals surface area contributed by atoms with Crippen LogP contribution in [0.3, 0.4) is 0 Å². The Bertz CT molecular complexity index is 885. The molecule has 2 aromatic rings. The second kappa shape index (κ2) is 6.74. The maximum absolute atomic E-state index is 12.5. The Labute approximate surface area is 169 Å². The van der Waals surface area contributed by atoms with Crippen molar-refractivity contribution in [2.45, 2.75) is 38.0 Å². The monoisotopic (exact) mass is 401 g/mol. The van der Waals surface area contributed by atoms with Gasteiger partial charge in [0, 0.05) is 50.4 Å². The van der Waals surface area contributed by atoms with Crippen molar-refractivity contribution in [1.29, 1.82) is 0 Å². The molecule has 148 valence electrons. The van der Waals surface area contributed by atoms with Crippen LogP contribution >= 0.6 is 11.6 Å². The Kier molecular flexibility index (Phi) is 4.32. The molecule has 3 fully saturated rings. The first-order valence-electron chi connectivity index (χ1n) is 9.93. The third-order valence-corrected chi connectivity index (χ3v) is 6.76. The van der Waals surface area contributed by atoms with Crippen molar-refractivity contribution >= 4 is 23.3 Å². The number of nitrogens with one attached hydrogen (secondary N) is 1. The smallest absolute Gasteiger partial charge is 0.254 e. The molecule has 2 aromatic heterocycles. The quantitative estimate of drug-likeness (QED) is 0.832. The lowest BCUT2D eigenvalue weighted by atomic mass is 9.73. The second-order valence-corrected chi connectivity index (χ2v) is 8.48. The van der Waals surface area contributed by atoms with E-state index in [0.717, 1.165) is 38.3 Å². The molecule has 4 atom stereocenters. The number of halogens is 1. The number of hydrogen-bond donors (Lipinski definition) is 1. The average molecular weight is 402 g/mol. The fourth-order valence-electron chi connectivity index (χ4n) is 5.16. The first-order valence-corrected chi connectivity index (χ1v) is 10.3. The van der Waals surface area contributed by atoms with Gasteiger partial charge in [-0.05, 0) is 31.9 Å². The number of hydrogen-bond acceptors (Lipinski definition) is 5. The molecule has 28 heavy (non-hydrogen) atoms. The predicted octanol–water partition coefficient (Wildman–Crippen LogP) is 2.37. The van der Waals surface area contributed by atoms with Crippen LogP contribution in [0, 0.1) is 11.8 Å². The first kappa shape index (κ1) is 17.9. The SMILES string of the molecule is CCn1cc(C(=O)NC[C@H]2[C@H]3CN(c4ccc(Cl)cn4)C[C@]34CC[C@H]2O4)cn1. The molecule has 1 amide bonds. The summed E-state index contributed by atoms with van der Waals surface area (Å²) in [6.45, 7) is 5.15. The third kappa shape index (κ3) is 2.88. The Morgan fingerprint density at radius 2 is 2.32 bits per heavy atom. The number of pyridine rings is 1. The highest BCUT2D eigenvalue weighted by Crippen LogP contribution is 2.55. The van der Waals surface area contributed by atoms with Crippen molar-refractivity contribution in [1.82, 2.24) is 20.1 Å². The number of ether oxygens (including phenoxy) is 1. The predicted molar refractivity (Wildman–Crippen MR) is 106 cm³/mol. The number of carbonyl (C=O) groups excluding carboxylic acids is 1. The summed E-state index contributed by atoms with van der Waals surface area (Å²) in [5, 5.41) is 7.94. The van der Waals surface area contributed by atoms with Crippen molar-refractivity contribution in [2.75, 3.05) is 24.5 Å². The van der Waals surface area contributed by atoms with Gasteiger partial charge in [-0.15, -0.1) is 0 Å². The van der Waals surface area contributed by atoms with Gasteiger partial charge in [0.1, 0.15) is 5.82 Å². The number of anilines is 1. The van der Waals surface area contributed by atoms with E-state index in [9.17, 15) is 4.79 Å². The lowest BCUT2D eigenvalue weighted by Gasteiger charge is -2.29. The summed E-state index contributed by atoms with van der Waals surface area (Å²) in [6.07, 6.45) is 7.49. The second-order valence-electron chi connectivity index (χ2n) is 8.04. The van der Waals surface area contributed by atoms with Crippen LogP contribution < -0.4 is 10.2 Å². The number of carbonyl (C=O) groups is 1. The Morgan fingerprint density at radius 1 is 1.43 bits per heavy atom. The number of fused-ring (bicyclic) bond motifs is 1. The molecule has 0 unspecified atom stereocenters. The van der Waals surface area contributed by atoms with Gasteiger partial charge < -0.3 is 15.0 Å². The summed E-state index contributed by atoms with van der Waals surface area (Å²) >= 11 is 5.98. The van der Waals surface area contributed by atoms with E-state index in [-0.39, 0.29) is 17.6 Å². The van der Waals surface area contributed by atoms with Crippen LogP contribution in [0.5, 0.6) is 0 Å². The topological polar surface area (TPSA) is 72.3 Å². The van der Waals surface area contributed by atoms with E-state index in [0.29, 0.717) is 29.0 Å². The molecule has 3 aliphatic heterocycles. The summed E-state index contributed by atoms with van der Waals surface area (Å²) in [6, 6.07) is 3.84. The van der Waals surface area contributed by atoms with E-state index in [1.165, 1.54) is 0 Å². The van der Waals surface area contributed by atoms with E-state index in [1.54, 1.807) is 23.3 Å². The van der Waals surface area contributed by atoms with Gasteiger partial charge in [0.25, 0.3) is 5.91 Å². The third-order valence-electron chi connectivity index (χ3n) is 6.54. The van der Waals surface area contributed by atoms with E-state index < -0.39 is 0 Å². The molecule has 1 N–H and O–H groups in total. The van der Waals surface area contributed by atoms with Crippen LogP contribution in [0.15, 0.2) is 30.7 Å². The minimum atomic E-state index is -0.103. The molecule has 0 aliphatic carbocycles. The molecule has 2 bridgehead atoms. The van der Waals surface area contributed by atoms with E-state index in [4.69, 9.17) is 16.3 Å². The maximum atomic E-state index is 12.5. The molecule has 8 heteroatoms. The minimum absolute atomic E-state index is 0.0641. The number of aromatic nitrogens is 3. The molecule has 3 aliphatic rings. The fraction of sp³-hybridized carbons (Fsp3) is 0.550. The minimum Gasteiger partial charge on any atom is -0.369 e. The van der Waals surface area contributed by atoms with Crippen molar-refractivity contribution in [3.8, 4) is 0 Å². The van der Waals surface area contributed by atoms with Crippen LogP contribution in [0.2, 0.25) is 5.02 Å². The number of aryl methyl sites for hydroxylation is 1. The van der Waals surface area contributed by atoms with Crippen molar-refractivity contribution < 1.29 is 9.53 Å². The Hall–Kier alpha value is -2.12. The van der Waals surface area contributed by atoms with Gasteiger partial charge >= 0.3 is 0 Å². The molecule has 7 nitrogen and oxygen atoms in total. The summed E-state index contributed by atoms with van der Waals surface area (Å²) < 4.78 is 8.23. The lowest BCUT2D eigenvalue weighted by Crippen LogP contribution is -2.41. The molecule has 0 radical (unpaired) electrons. The zero-order valence-corrected chi connectivity index (χ0v) is 16.6. The lowest BCUT2D eigenvalue weighted by molar-refractivity contribution is 0.0141. The molecule has 0 saturated carbocycles. The summed E-state index contributed by atoms with van der Waals surface area (Å²) in [5.74, 6) is 1.61. The van der Waals surface area contributed by atoms with Crippen molar-refractivity contribution in [2.24, 2.45) is 11.8 Å². The zero-order valence-electron chi connectivity index (χ0n) is 15.8. The highest BCUT2D eigenvalue weighted by Gasteiger charge is 2.63. The largest absolute Gasteiger partial charge is 0.369 e. The van der Waals surface area contributed by atoms with Gasteiger partial charge in [-0.3, -0.25) is 9.48 Å². The number of amides is 1. The van der Waals surface area contributed by atoms with Gasteiger partial charge in [0.2, 0.25) is 0 Å². The molecule has 3 saturated heterocycles. The molecule has 0 aromatic carbocycles. The van der Waals surface area contributed by atoms with E-state index >= 15 is 0 Å². The van der Waals surface area contributed by atoms with E-state index in [2.05, 4.69) is 20.3 Å². The van der Waals surface area contributed by atoms with Gasteiger partial charge in [0.05, 0.1) is 28.5 Å². The van der Waals surface area contributed by atoms with Gasteiger partial charge in [-0.2, -0.15) is 5.10 Å². The Morgan fingerprint density at radius 3 is 3.07 bits per heavy atom. The van der Waals surface area contributed by atoms with Crippen molar-refractivity contribution in [3.63, 3.8) is 0 Å². The maximum Gasteiger partial charge on any atom is 0.254 e. The summed E-state index contributed by atoms with van der Waals surface area (Å²) in [5.41, 5.74) is 0.508. The van der Waals surface area contributed by atoms with Crippen LogP contribution in [0.4, 0.5) is 5.82 Å². The Balaban J connectivity index is 1.27. The zero-order chi connectivity index (χ0) is 19.3. The highest BCUT2D eigenvalue weighted by molar-refractivity contribution is 6.30. The van der Waals surface area contributed by atoms with Crippen molar-refractivity contribution in [3.05, 3.63) is 41.3 Å². The molecule has 5 heterocycles. The van der Waals surface area contributed by atoms with E-state index in [1.807, 2.05) is 19.1 Å².